The number of Topliss-reactive ketones (excluding diaryl/α,β-unsaturated/α-hetero) is 1. The second-order valence-electron chi connectivity index (χ2n) is 5.53. The first-order chi connectivity index (χ1) is 13.2. The van der Waals surface area contributed by atoms with Gasteiger partial charge >= 0.3 is 0 Å². The standard InChI is InChI=1S/C19H12FN3O3S/c20-15-3-1-12(2-4-15)16(24)11-27-19-21-17(13-5-7-25-9-13)18(22-23-19)14-6-8-26-10-14/h1-10H,11H2. The molecule has 0 aliphatic rings. The molecule has 0 saturated carbocycles. The van der Waals surface area contributed by atoms with Crippen molar-refractivity contribution >= 4 is 17.5 Å². The number of nitrogens with zero attached hydrogens (tertiary/aromatic N) is 3. The van der Waals surface area contributed by atoms with Crippen LogP contribution in [0.5, 0.6) is 0 Å². The lowest BCUT2D eigenvalue weighted by Crippen LogP contribution is -2.04. The topological polar surface area (TPSA) is 82.0 Å². The SMILES string of the molecule is O=C(CSc1nnc(-c2ccoc2)c(-c2ccoc2)n1)c1ccc(F)cc1. The van der Waals surface area contributed by atoms with Gasteiger partial charge in [-0.3, -0.25) is 4.79 Å². The monoisotopic (exact) mass is 381 g/mol. The highest BCUT2D eigenvalue weighted by atomic mass is 32.2. The van der Waals surface area contributed by atoms with Gasteiger partial charge in [-0.25, -0.2) is 9.37 Å². The summed E-state index contributed by atoms with van der Waals surface area (Å²) in [6.07, 6.45) is 6.20. The van der Waals surface area contributed by atoms with Crippen LogP contribution in [-0.4, -0.2) is 26.7 Å². The van der Waals surface area contributed by atoms with Gasteiger partial charge in [0.1, 0.15) is 17.2 Å². The van der Waals surface area contributed by atoms with Crippen molar-refractivity contribution in [3.05, 3.63) is 72.8 Å². The Morgan fingerprint density at radius 2 is 1.59 bits per heavy atom. The number of hydrogen-bond donors (Lipinski definition) is 0. The molecule has 0 fully saturated rings. The zero-order chi connectivity index (χ0) is 18.6. The largest absolute Gasteiger partial charge is 0.472 e. The lowest BCUT2D eigenvalue weighted by molar-refractivity contribution is 0.102. The first-order valence-corrected chi connectivity index (χ1v) is 8.91. The minimum absolute atomic E-state index is 0.114. The molecule has 0 N–H and O–H groups in total. The number of furan rings is 2. The van der Waals surface area contributed by atoms with Gasteiger partial charge in [0.25, 0.3) is 0 Å². The summed E-state index contributed by atoms with van der Waals surface area (Å²) < 4.78 is 23.2. The van der Waals surface area contributed by atoms with Crippen LogP contribution in [0.4, 0.5) is 4.39 Å². The molecule has 3 aromatic heterocycles. The Morgan fingerprint density at radius 1 is 0.926 bits per heavy atom. The maximum absolute atomic E-state index is 13.0. The average molecular weight is 381 g/mol. The van der Waals surface area contributed by atoms with Crippen LogP contribution in [0, 0.1) is 5.82 Å². The average Bonchev–Trinajstić information content (AvgIpc) is 3.40. The lowest BCUT2D eigenvalue weighted by Gasteiger charge is -2.06. The highest BCUT2D eigenvalue weighted by Gasteiger charge is 2.16. The molecule has 4 aromatic rings. The molecule has 0 atom stereocenters. The van der Waals surface area contributed by atoms with Crippen LogP contribution < -0.4 is 0 Å². The van der Waals surface area contributed by atoms with Gasteiger partial charge in [-0.2, -0.15) is 0 Å². The summed E-state index contributed by atoms with van der Waals surface area (Å²) in [5.41, 5.74) is 3.05. The molecular weight excluding hydrogens is 369 g/mol. The first-order valence-electron chi connectivity index (χ1n) is 7.92. The Labute approximate surface area is 157 Å². The maximum atomic E-state index is 13.0. The van der Waals surface area contributed by atoms with Crippen LogP contribution in [0.1, 0.15) is 10.4 Å². The van der Waals surface area contributed by atoms with E-state index >= 15 is 0 Å². The molecule has 4 rings (SSSR count). The summed E-state index contributed by atoms with van der Waals surface area (Å²) in [4.78, 5) is 16.8. The highest BCUT2D eigenvalue weighted by molar-refractivity contribution is 7.99. The fraction of sp³-hybridized carbons (Fsp3) is 0.0526. The number of thioether (sulfide) groups is 1. The van der Waals surface area contributed by atoms with E-state index in [1.54, 1.807) is 37.2 Å². The smallest absolute Gasteiger partial charge is 0.210 e. The number of hydrogen-bond acceptors (Lipinski definition) is 7. The number of carbonyl (C=O) groups is 1. The molecule has 3 heterocycles. The molecular formula is C19H12FN3O3S. The minimum Gasteiger partial charge on any atom is -0.472 e. The zero-order valence-corrected chi connectivity index (χ0v) is 14.6. The molecule has 0 bridgehead atoms. The fourth-order valence-corrected chi connectivity index (χ4v) is 3.10. The van der Waals surface area contributed by atoms with Gasteiger partial charge in [0.2, 0.25) is 5.16 Å². The van der Waals surface area contributed by atoms with Gasteiger partial charge in [0, 0.05) is 16.7 Å². The van der Waals surface area contributed by atoms with Crippen LogP contribution in [0.15, 0.2) is 75.4 Å². The lowest BCUT2D eigenvalue weighted by atomic mass is 10.1. The first kappa shape index (κ1) is 17.2. The summed E-state index contributed by atoms with van der Waals surface area (Å²) in [6, 6.07) is 8.96. The molecule has 0 spiro atoms. The Hall–Kier alpha value is -3.26. The fourth-order valence-electron chi connectivity index (χ4n) is 2.42. The quantitative estimate of drug-likeness (QED) is 0.359. The minimum atomic E-state index is -0.383. The van der Waals surface area contributed by atoms with Crippen molar-refractivity contribution in [2.45, 2.75) is 5.16 Å². The number of ketones is 1. The van der Waals surface area contributed by atoms with E-state index in [1.165, 1.54) is 24.3 Å². The van der Waals surface area contributed by atoms with E-state index in [9.17, 15) is 9.18 Å². The molecule has 0 unspecified atom stereocenters. The second-order valence-corrected chi connectivity index (χ2v) is 6.48. The summed E-state index contributed by atoms with van der Waals surface area (Å²) in [6.45, 7) is 0. The highest BCUT2D eigenvalue weighted by Crippen LogP contribution is 2.30. The Bertz CT molecular complexity index is 1050. The van der Waals surface area contributed by atoms with Gasteiger partial charge in [0.05, 0.1) is 30.8 Å². The summed E-state index contributed by atoms with van der Waals surface area (Å²) in [5.74, 6) is -0.415. The molecule has 0 aliphatic heterocycles. The van der Waals surface area contributed by atoms with E-state index in [1.807, 2.05) is 0 Å². The molecule has 1 aromatic carbocycles. The Morgan fingerprint density at radius 3 is 2.22 bits per heavy atom. The molecule has 0 saturated heterocycles. The van der Waals surface area contributed by atoms with Crippen LogP contribution in [0.25, 0.3) is 22.5 Å². The van der Waals surface area contributed by atoms with Crippen molar-refractivity contribution < 1.29 is 18.0 Å². The van der Waals surface area contributed by atoms with Gasteiger partial charge in [-0.15, -0.1) is 10.2 Å². The van der Waals surface area contributed by atoms with Crippen LogP contribution in [-0.2, 0) is 0 Å². The molecule has 0 amide bonds. The number of halogens is 1. The number of carbonyl (C=O) groups excluding carboxylic acids is 1. The van der Waals surface area contributed by atoms with E-state index in [0.717, 1.165) is 22.9 Å². The van der Waals surface area contributed by atoms with Gasteiger partial charge in [0.15, 0.2) is 5.78 Å². The van der Waals surface area contributed by atoms with E-state index in [2.05, 4.69) is 15.2 Å². The molecule has 27 heavy (non-hydrogen) atoms. The van der Waals surface area contributed by atoms with E-state index in [4.69, 9.17) is 8.83 Å². The predicted octanol–water partition coefficient (Wildman–Crippen LogP) is 4.51. The van der Waals surface area contributed by atoms with Crippen LogP contribution >= 0.6 is 11.8 Å². The second kappa shape index (κ2) is 7.55. The number of aromatic nitrogens is 3. The Balaban J connectivity index is 1.58. The normalized spacial score (nSPS) is 10.9. The van der Waals surface area contributed by atoms with Crippen LogP contribution in [0.2, 0.25) is 0 Å². The van der Waals surface area contributed by atoms with E-state index in [0.29, 0.717) is 22.1 Å². The van der Waals surface area contributed by atoms with Crippen molar-refractivity contribution in [1.29, 1.82) is 0 Å². The number of rotatable bonds is 6. The van der Waals surface area contributed by atoms with Crippen molar-refractivity contribution in [2.24, 2.45) is 0 Å². The summed E-state index contributed by atoms with van der Waals surface area (Å²) in [7, 11) is 0. The van der Waals surface area contributed by atoms with E-state index < -0.39 is 0 Å². The predicted molar refractivity (Wildman–Crippen MR) is 96.7 cm³/mol. The van der Waals surface area contributed by atoms with E-state index in [-0.39, 0.29) is 17.4 Å². The third-order valence-corrected chi connectivity index (χ3v) is 4.59. The number of benzene rings is 1. The molecule has 6 nitrogen and oxygen atoms in total. The third-order valence-electron chi connectivity index (χ3n) is 3.76. The van der Waals surface area contributed by atoms with Crippen molar-refractivity contribution in [2.75, 3.05) is 5.75 Å². The molecule has 0 aliphatic carbocycles. The van der Waals surface area contributed by atoms with Gasteiger partial charge in [-0.05, 0) is 36.4 Å². The van der Waals surface area contributed by atoms with Crippen LogP contribution in [0.3, 0.4) is 0 Å². The molecule has 134 valence electrons. The van der Waals surface area contributed by atoms with Crippen molar-refractivity contribution in [3.63, 3.8) is 0 Å². The van der Waals surface area contributed by atoms with Crippen molar-refractivity contribution in [3.8, 4) is 22.5 Å². The summed E-state index contributed by atoms with van der Waals surface area (Å²) in [5, 5.41) is 8.70. The van der Waals surface area contributed by atoms with Gasteiger partial charge in [-0.1, -0.05) is 11.8 Å². The maximum Gasteiger partial charge on any atom is 0.210 e. The third kappa shape index (κ3) is 3.80. The van der Waals surface area contributed by atoms with Gasteiger partial charge < -0.3 is 8.83 Å². The van der Waals surface area contributed by atoms with Crippen molar-refractivity contribution in [1.82, 2.24) is 15.2 Å². The Kier molecular flexibility index (Phi) is 4.80. The molecule has 8 heteroatoms. The zero-order valence-electron chi connectivity index (χ0n) is 13.8. The molecule has 0 radical (unpaired) electrons. The summed E-state index contributed by atoms with van der Waals surface area (Å²) >= 11 is 1.16.